The molecule has 1 aromatic rings. The lowest BCUT2D eigenvalue weighted by molar-refractivity contribution is -0.0357. The zero-order valence-electron chi connectivity index (χ0n) is 9.63. The van der Waals surface area contributed by atoms with E-state index < -0.39 is 17.5 Å². The van der Waals surface area contributed by atoms with E-state index in [0.717, 1.165) is 12.8 Å². The molecule has 0 amide bonds. The molecular weight excluding hydrogens is 224 g/mol. The lowest BCUT2D eigenvalue weighted by Gasteiger charge is -2.19. The summed E-state index contributed by atoms with van der Waals surface area (Å²) >= 11 is 0. The molecule has 3 unspecified atom stereocenters. The van der Waals surface area contributed by atoms with Crippen molar-refractivity contribution in [3.05, 3.63) is 33.1 Å². The Labute approximate surface area is 97.9 Å². The minimum atomic E-state index is -0.473. The van der Waals surface area contributed by atoms with Crippen LogP contribution in [0.25, 0.3) is 0 Å². The number of aliphatic hydroxyl groups is 1. The van der Waals surface area contributed by atoms with Gasteiger partial charge in [0.15, 0.2) is 0 Å². The Morgan fingerprint density at radius 1 is 1.59 bits per heavy atom. The van der Waals surface area contributed by atoms with Crippen molar-refractivity contribution in [2.75, 3.05) is 6.61 Å². The molecule has 1 saturated heterocycles. The molecule has 0 saturated carbocycles. The number of nitrogens with one attached hydrogen (secondary N) is 1. The third-order valence-corrected chi connectivity index (χ3v) is 3.15. The van der Waals surface area contributed by atoms with Crippen molar-refractivity contribution in [1.29, 1.82) is 0 Å². The molecular formula is C11H16N2O4. The minimum absolute atomic E-state index is 0.0505. The fourth-order valence-electron chi connectivity index (χ4n) is 2.22. The number of nitrogens with zero attached hydrogens (tertiary/aromatic N) is 1. The van der Waals surface area contributed by atoms with Gasteiger partial charge in [0.05, 0.1) is 12.7 Å². The van der Waals surface area contributed by atoms with E-state index in [9.17, 15) is 9.59 Å². The van der Waals surface area contributed by atoms with Crippen LogP contribution in [0.4, 0.5) is 0 Å². The van der Waals surface area contributed by atoms with Crippen molar-refractivity contribution >= 4 is 0 Å². The molecule has 1 fully saturated rings. The number of H-pyrrole nitrogens is 1. The summed E-state index contributed by atoms with van der Waals surface area (Å²) in [5.74, 6) is 0.177. The Morgan fingerprint density at radius 2 is 2.35 bits per heavy atom. The molecule has 17 heavy (non-hydrogen) atoms. The van der Waals surface area contributed by atoms with Gasteiger partial charge in [-0.2, -0.15) is 0 Å². The molecule has 2 rings (SSSR count). The van der Waals surface area contributed by atoms with E-state index in [1.54, 1.807) is 0 Å². The lowest BCUT2D eigenvalue weighted by Crippen LogP contribution is -2.33. The largest absolute Gasteiger partial charge is 0.394 e. The van der Waals surface area contributed by atoms with Gasteiger partial charge in [-0.1, -0.05) is 6.92 Å². The molecule has 2 N–H and O–H groups in total. The Bertz CT molecular complexity index is 493. The Kier molecular flexibility index (Phi) is 3.44. The zero-order chi connectivity index (χ0) is 12.4. The van der Waals surface area contributed by atoms with Crippen molar-refractivity contribution in [3.63, 3.8) is 0 Å². The SMILES string of the molecule is CCC1CC(CO)OC1n1ccc(=O)[nH]c1=O. The van der Waals surface area contributed by atoms with Crippen molar-refractivity contribution in [2.24, 2.45) is 5.92 Å². The summed E-state index contributed by atoms with van der Waals surface area (Å²) in [6.07, 6.45) is 2.38. The molecule has 6 nitrogen and oxygen atoms in total. The summed E-state index contributed by atoms with van der Waals surface area (Å²) in [6, 6.07) is 1.30. The number of aromatic nitrogens is 2. The molecule has 0 aromatic carbocycles. The van der Waals surface area contributed by atoms with Gasteiger partial charge >= 0.3 is 5.69 Å². The summed E-state index contributed by atoms with van der Waals surface area (Å²) in [7, 11) is 0. The van der Waals surface area contributed by atoms with Gasteiger partial charge in [-0.15, -0.1) is 0 Å². The number of hydrogen-bond donors (Lipinski definition) is 2. The van der Waals surface area contributed by atoms with E-state index in [1.807, 2.05) is 6.92 Å². The van der Waals surface area contributed by atoms with Gasteiger partial charge in [0.25, 0.3) is 5.56 Å². The molecule has 1 aromatic heterocycles. The summed E-state index contributed by atoms with van der Waals surface area (Å²) in [5, 5.41) is 9.09. The topological polar surface area (TPSA) is 84.3 Å². The maximum Gasteiger partial charge on any atom is 0.330 e. The Balaban J connectivity index is 2.32. The van der Waals surface area contributed by atoms with Gasteiger partial charge in [-0.05, 0) is 12.8 Å². The lowest BCUT2D eigenvalue weighted by atomic mass is 10.0. The zero-order valence-corrected chi connectivity index (χ0v) is 9.63. The summed E-state index contributed by atoms with van der Waals surface area (Å²) < 4.78 is 6.99. The fraction of sp³-hybridized carbons (Fsp3) is 0.636. The predicted molar refractivity (Wildman–Crippen MR) is 60.7 cm³/mol. The van der Waals surface area contributed by atoms with Gasteiger partial charge in [-0.25, -0.2) is 4.79 Å². The van der Waals surface area contributed by atoms with Crippen LogP contribution in [-0.4, -0.2) is 27.4 Å². The average molecular weight is 240 g/mol. The van der Waals surface area contributed by atoms with Gasteiger partial charge in [-0.3, -0.25) is 14.3 Å². The van der Waals surface area contributed by atoms with Gasteiger partial charge < -0.3 is 9.84 Å². The second-order valence-electron chi connectivity index (χ2n) is 4.25. The number of aliphatic hydroxyl groups excluding tert-OH is 1. The molecule has 1 aliphatic rings. The molecule has 94 valence electrons. The standard InChI is InChI=1S/C11H16N2O4/c1-2-7-5-8(6-14)17-10(7)13-4-3-9(15)12-11(13)16/h3-4,7-8,10,14H,2,5-6H2,1H3,(H,12,15,16). The quantitative estimate of drug-likeness (QED) is 0.769. The van der Waals surface area contributed by atoms with E-state index in [-0.39, 0.29) is 18.6 Å². The first-order valence-corrected chi connectivity index (χ1v) is 5.73. The number of rotatable bonds is 3. The average Bonchev–Trinajstić information content (AvgIpc) is 2.72. The third-order valence-electron chi connectivity index (χ3n) is 3.15. The van der Waals surface area contributed by atoms with E-state index in [0.29, 0.717) is 0 Å². The van der Waals surface area contributed by atoms with E-state index in [4.69, 9.17) is 9.84 Å². The van der Waals surface area contributed by atoms with Crippen LogP contribution in [0.3, 0.4) is 0 Å². The van der Waals surface area contributed by atoms with Crippen molar-refractivity contribution in [1.82, 2.24) is 9.55 Å². The highest BCUT2D eigenvalue weighted by Gasteiger charge is 2.35. The van der Waals surface area contributed by atoms with Gasteiger partial charge in [0, 0.05) is 18.2 Å². The first kappa shape index (κ1) is 12.1. The van der Waals surface area contributed by atoms with E-state index in [2.05, 4.69) is 4.98 Å². The normalized spacial score (nSPS) is 28.5. The molecule has 0 radical (unpaired) electrons. The monoisotopic (exact) mass is 240 g/mol. The van der Waals surface area contributed by atoms with Crippen molar-refractivity contribution < 1.29 is 9.84 Å². The highest BCUT2D eigenvalue weighted by molar-refractivity contribution is 4.88. The highest BCUT2D eigenvalue weighted by atomic mass is 16.5. The van der Waals surface area contributed by atoms with Crippen LogP contribution in [-0.2, 0) is 4.74 Å². The predicted octanol–water partition coefficient (Wildman–Crippen LogP) is -0.157. The number of aromatic amines is 1. The maximum absolute atomic E-state index is 11.6. The first-order valence-electron chi connectivity index (χ1n) is 5.73. The van der Waals surface area contributed by atoms with Gasteiger partial charge in [0.2, 0.25) is 0 Å². The maximum atomic E-state index is 11.6. The minimum Gasteiger partial charge on any atom is -0.394 e. The molecule has 3 atom stereocenters. The van der Waals surface area contributed by atoms with Crippen LogP contribution in [0.2, 0.25) is 0 Å². The molecule has 0 bridgehead atoms. The molecule has 1 aliphatic heterocycles. The Morgan fingerprint density at radius 3 is 2.94 bits per heavy atom. The second-order valence-corrected chi connectivity index (χ2v) is 4.25. The molecule has 2 heterocycles. The smallest absolute Gasteiger partial charge is 0.330 e. The van der Waals surface area contributed by atoms with Crippen molar-refractivity contribution in [2.45, 2.75) is 32.1 Å². The fourth-order valence-corrected chi connectivity index (χ4v) is 2.22. The summed E-state index contributed by atoms with van der Waals surface area (Å²) in [4.78, 5) is 24.8. The van der Waals surface area contributed by atoms with Crippen LogP contribution in [0.15, 0.2) is 21.9 Å². The molecule has 0 spiro atoms. The van der Waals surface area contributed by atoms with Crippen LogP contribution >= 0.6 is 0 Å². The third kappa shape index (κ3) is 2.32. The van der Waals surface area contributed by atoms with Crippen molar-refractivity contribution in [3.8, 4) is 0 Å². The highest BCUT2D eigenvalue weighted by Crippen LogP contribution is 2.35. The number of hydrogen-bond acceptors (Lipinski definition) is 4. The number of ether oxygens (including phenoxy) is 1. The van der Waals surface area contributed by atoms with Crippen LogP contribution in [0, 0.1) is 5.92 Å². The van der Waals surface area contributed by atoms with E-state index >= 15 is 0 Å². The summed E-state index contributed by atoms with van der Waals surface area (Å²) in [5.41, 5.74) is -0.893. The van der Waals surface area contributed by atoms with E-state index in [1.165, 1.54) is 16.8 Å². The molecule has 0 aliphatic carbocycles. The van der Waals surface area contributed by atoms with Crippen LogP contribution < -0.4 is 11.2 Å². The first-order chi connectivity index (χ1) is 8.15. The molecule has 6 heteroatoms. The second kappa shape index (κ2) is 4.85. The van der Waals surface area contributed by atoms with Crippen LogP contribution in [0.5, 0.6) is 0 Å². The summed E-state index contributed by atoms with van der Waals surface area (Å²) in [6.45, 7) is 1.96. The Hall–Kier alpha value is -1.40. The van der Waals surface area contributed by atoms with Crippen LogP contribution in [0.1, 0.15) is 26.0 Å². The van der Waals surface area contributed by atoms with Gasteiger partial charge in [0.1, 0.15) is 6.23 Å².